The molecule has 0 unspecified atom stereocenters. The first-order valence-corrected chi connectivity index (χ1v) is 8.89. The number of hydrogen-bond acceptors (Lipinski definition) is 4. The fourth-order valence-corrected chi connectivity index (χ4v) is 4.39. The number of carbonyl (C=O) groups excluding carboxylic acids is 1. The summed E-state index contributed by atoms with van der Waals surface area (Å²) in [5.41, 5.74) is 0.356. The third-order valence-corrected chi connectivity index (χ3v) is 5.92. The predicted octanol–water partition coefficient (Wildman–Crippen LogP) is 0.887. The van der Waals surface area contributed by atoms with Crippen LogP contribution in [-0.4, -0.2) is 70.3 Å². The van der Waals surface area contributed by atoms with E-state index >= 15 is 0 Å². The first kappa shape index (κ1) is 13.8. The van der Waals surface area contributed by atoms with E-state index in [9.17, 15) is 4.79 Å². The van der Waals surface area contributed by atoms with Crippen molar-refractivity contribution in [2.24, 2.45) is 5.41 Å². The van der Waals surface area contributed by atoms with Gasteiger partial charge in [-0.25, -0.2) is 9.78 Å². The zero-order chi connectivity index (χ0) is 15.4. The van der Waals surface area contributed by atoms with Gasteiger partial charge < -0.3 is 15.1 Å². The second-order valence-electron chi connectivity index (χ2n) is 7.83. The number of urea groups is 1. The van der Waals surface area contributed by atoms with Gasteiger partial charge in [-0.1, -0.05) is 0 Å². The third kappa shape index (κ3) is 2.33. The first-order valence-electron chi connectivity index (χ1n) is 8.89. The van der Waals surface area contributed by atoms with Gasteiger partial charge in [-0.3, -0.25) is 5.10 Å². The summed E-state index contributed by atoms with van der Waals surface area (Å²) in [4.78, 5) is 21.1. The van der Waals surface area contributed by atoms with E-state index in [1.165, 1.54) is 12.8 Å². The molecule has 0 atom stereocenters. The Balaban J connectivity index is 1.14. The van der Waals surface area contributed by atoms with Crippen LogP contribution in [0.5, 0.6) is 0 Å². The van der Waals surface area contributed by atoms with Gasteiger partial charge in [0, 0.05) is 56.5 Å². The van der Waals surface area contributed by atoms with Gasteiger partial charge in [-0.2, -0.15) is 5.10 Å². The molecule has 1 aromatic rings. The number of hydrogen-bond donors (Lipinski definition) is 2. The zero-order valence-electron chi connectivity index (χ0n) is 13.4. The van der Waals surface area contributed by atoms with Crippen LogP contribution in [0.1, 0.15) is 49.2 Å². The summed E-state index contributed by atoms with van der Waals surface area (Å²) in [6, 6.07) is 0.231. The SMILES string of the molecule is O=C(N1CCNCC1)N1CC2(CC(c3n[nH]c(C4CC4)n3)C2)C1. The number of nitrogens with zero attached hydrogens (tertiary/aromatic N) is 4. The summed E-state index contributed by atoms with van der Waals surface area (Å²) in [7, 11) is 0. The van der Waals surface area contributed by atoms with Gasteiger partial charge in [-0.05, 0) is 25.7 Å². The first-order chi connectivity index (χ1) is 11.2. The Hall–Kier alpha value is -1.63. The van der Waals surface area contributed by atoms with Crippen LogP contribution in [0.15, 0.2) is 0 Å². The van der Waals surface area contributed by atoms with Crippen molar-refractivity contribution in [2.45, 2.75) is 37.5 Å². The van der Waals surface area contributed by atoms with E-state index < -0.39 is 0 Å². The minimum Gasteiger partial charge on any atom is -0.323 e. The lowest BCUT2D eigenvalue weighted by atomic mass is 9.57. The lowest BCUT2D eigenvalue weighted by Crippen LogP contribution is -2.66. The minimum atomic E-state index is 0.231. The molecule has 2 N–H and O–H groups in total. The fourth-order valence-electron chi connectivity index (χ4n) is 4.39. The predicted molar refractivity (Wildman–Crippen MR) is 84.2 cm³/mol. The van der Waals surface area contributed by atoms with Gasteiger partial charge in [0.05, 0.1) is 0 Å². The Morgan fingerprint density at radius 1 is 1.09 bits per heavy atom. The maximum absolute atomic E-state index is 12.4. The highest BCUT2D eigenvalue weighted by atomic mass is 16.2. The van der Waals surface area contributed by atoms with Gasteiger partial charge >= 0.3 is 6.03 Å². The van der Waals surface area contributed by atoms with Crippen molar-refractivity contribution in [2.75, 3.05) is 39.3 Å². The third-order valence-electron chi connectivity index (χ3n) is 5.92. The summed E-state index contributed by atoms with van der Waals surface area (Å²) in [6.07, 6.45) is 4.79. The summed E-state index contributed by atoms with van der Waals surface area (Å²) >= 11 is 0. The van der Waals surface area contributed by atoms with Crippen molar-refractivity contribution in [1.29, 1.82) is 0 Å². The highest BCUT2D eigenvalue weighted by molar-refractivity contribution is 5.75. The lowest BCUT2D eigenvalue weighted by molar-refractivity contribution is -0.0566. The second kappa shape index (κ2) is 4.93. The molecular formula is C16H24N6O. The van der Waals surface area contributed by atoms with Crippen molar-refractivity contribution in [1.82, 2.24) is 30.3 Å². The average Bonchev–Trinajstić information content (AvgIpc) is 3.24. The molecule has 3 heterocycles. The molecule has 124 valence electrons. The van der Waals surface area contributed by atoms with Crippen molar-refractivity contribution in [3.63, 3.8) is 0 Å². The maximum atomic E-state index is 12.4. The van der Waals surface area contributed by atoms with Gasteiger partial charge in [0.1, 0.15) is 5.82 Å². The Morgan fingerprint density at radius 2 is 1.83 bits per heavy atom. The Morgan fingerprint density at radius 3 is 2.52 bits per heavy atom. The van der Waals surface area contributed by atoms with Crippen LogP contribution in [0.25, 0.3) is 0 Å². The van der Waals surface area contributed by atoms with E-state index in [2.05, 4.69) is 20.5 Å². The fraction of sp³-hybridized carbons (Fsp3) is 0.812. The lowest BCUT2D eigenvalue weighted by Gasteiger charge is -2.59. The standard InChI is InChI=1S/C16H24N6O/c23-15(21-5-3-17-4-6-21)22-9-16(10-22)7-12(8-16)14-18-13(19-20-14)11-1-2-11/h11-12,17H,1-10H2,(H,18,19,20). The largest absolute Gasteiger partial charge is 0.323 e. The number of aromatic amines is 1. The van der Waals surface area contributed by atoms with E-state index in [1.54, 1.807) is 0 Å². The highest BCUT2D eigenvalue weighted by Gasteiger charge is 2.55. The Labute approximate surface area is 135 Å². The van der Waals surface area contributed by atoms with Crippen molar-refractivity contribution in [3.05, 3.63) is 11.6 Å². The molecule has 0 aromatic carbocycles. The van der Waals surface area contributed by atoms with Crippen LogP contribution < -0.4 is 5.32 Å². The molecule has 2 saturated heterocycles. The van der Waals surface area contributed by atoms with Crippen molar-refractivity contribution in [3.8, 4) is 0 Å². The van der Waals surface area contributed by atoms with Gasteiger partial charge in [-0.15, -0.1) is 0 Å². The molecule has 7 nitrogen and oxygen atoms in total. The number of amides is 2. The topological polar surface area (TPSA) is 77.2 Å². The molecule has 4 fully saturated rings. The molecule has 2 aliphatic carbocycles. The van der Waals surface area contributed by atoms with E-state index in [4.69, 9.17) is 0 Å². The monoisotopic (exact) mass is 316 g/mol. The number of nitrogens with one attached hydrogen (secondary N) is 2. The number of carbonyl (C=O) groups is 1. The van der Waals surface area contributed by atoms with E-state index in [-0.39, 0.29) is 6.03 Å². The van der Waals surface area contributed by atoms with E-state index in [1.807, 2.05) is 9.80 Å². The normalized spacial score (nSPS) is 27.0. The van der Waals surface area contributed by atoms with Crippen molar-refractivity contribution >= 4 is 6.03 Å². The highest BCUT2D eigenvalue weighted by Crippen LogP contribution is 2.55. The van der Waals surface area contributed by atoms with Crippen LogP contribution in [0.3, 0.4) is 0 Å². The average molecular weight is 316 g/mol. The molecule has 2 amide bonds. The second-order valence-corrected chi connectivity index (χ2v) is 7.83. The number of piperazine rings is 1. The van der Waals surface area contributed by atoms with E-state index in [0.29, 0.717) is 17.3 Å². The van der Waals surface area contributed by atoms with Gasteiger partial charge in [0.15, 0.2) is 5.82 Å². The summed E-state index contributed by atoms with van der Waals surface area (Å²) in [5.74, 6) is 3.23. The van der Waals surface area contributed by atoms with Gasteiger partial charge in [0.2, 0.25) is 0 Å². The Kier molecular flexibility index (Phi) is 2.95. The molecule has 4 aliphatic rings. The van der Waals surface area contributed by atoms with Crippen LogP contribution in [-0.2, 0) is 0 Å². The summed E-state index contributed by atoms with van der Waals surface area (Å²) in [5, 5.41) is 10.8. The van der Waals surface area contributed by atoms with Crippen LogP contribution in [0.2, 0.25) is 0 Å². The molecule has 23 heavy (non-hydrogen) atoms. The zero-order valence-corrected chi connectivity index (χ0v) is 13.4. The molecular weight excluding hydrogens is 292 g/mol. The van der Waals surface area contributed by atoms with Crippen LogP contribution in [0.4, 0.5) is 4.79 Å². The Bertz CT molecular complexity index is 604. The number of aromatic nitrogens is 3. The van der Waals surface area contributed by atoms with E-state index in [0.717, 1.165) is 63.8 Å². The summed E-state index contributed by atoms with van der Waals surface area (Å²) in [6.45, 7) is 5.36. The maximum Gasteiger partial charge on any atom is 0.320 e. The molecule has 2 aliphatic heterocycles. The molecule has 7 heteroatoms. The molecule has 0 radical (unpaired) electrons. The number of likely N-dealkylation sites (tertiary alicyclic amines) is 1. The molecule has 1 spiro atoms. The summed E-state index contributed by atoms with van der Waals surface area (Å²) < 4.78 is 0. The minimum absolute atomic E-state index is 0.231. The molecule has 0 bridgehead atoms. The van der Waals surface area contributed by atoms with Gasteiger partial charge in [0.25, 0.3) is 0 Å². The van der Waals surface area contributed by atoms with Crippen LogP contribution in [0, 0.1) is 5.41 Å². The van der Waals surface area contributed by atoms with Crippen LogP contribution >= 0.6 is 0 Å². The smallest absolute Gasteiger partial charge is 0.320 e. The van der Waals surface area contributed by atoms with Crippen molar-refractivity contribution < 1.29 is 4.79 Å². The molecule has 5 rings (SSSR count). The number of rotatable bonds is 2. The molecule has 2 saturated carbocycles. The quantitative estimate of drug-likeness (QED) is 0.849. The number of H-pyrrole nitrogens is 1. The molecule has 1 aromatic heterocycles.